The molecule has 2 rings (SSSR count). The maximum atomic E-state index is 12.2. The van der Waals surface area contributed by atoms with Crippen molar-refractivity contribution in [3.63, 3.8) is 0 Å². The van der Waals surface area contributed by atoms with E-state index in [2.05, 4.69) is 0 Å². The molecule has 0 aromatic heterocycles. The summed E-state index contributed by atoms with van der Waals surface area (Å²) >= 11 is 5.82. The highest BCUT2D eigenvalue weighted by Crippen LogP contribution is 2.29. The molecule has 0 N–H and O–H groups in total. The summed E-state index contributed by atoms with van der Waals surface area (Å²) in [5.74, 6) is 0.285. The van der Waals surface area contributed by atoms with Gasteiger partial charge in [-0.2, -0.15) is 0 Å². The van der Waals surface area contributed by atoms with E-state index in [0.717, 1.165) is 32.4 Å². The Morgan fingerprint density at radius 1 is 1.38 bits per heavy atom. The highest BCUT2D eigenvalue weighted by atomic mass is 35.5. The molecule has 0 saturated carbocycles. The zero-order chi connectivity index (χ0) is 15.4. The van der Waals surface area contributed by atoms with Crippen LogP contribution < -0.4 is 4.74 Å². The van der Waals surface area contributed by atoms with Gasteiger partial charge < -0.3 is 9.64 Å². The van der Waals surface area contributed by atoms with Crippen molar-refractivity contribution in [3.05, 3.63) is 33.3 Å². The molecule has 1 aromatic rings. The molecule has 0 aliphatic carbocycles. The number of amides is 1. The number of hydrogen-bond donors (Lipinski definition) is 0. The molecule has 1 atom stereocenters. The average Bonchev–Trinajstić information content (AvgIpc) is 2.47. The minimum absolute atomic E-state index is 0.00452. The molecule has 1 aliphatic heterocycles. The van der Waals surface area contributed by atoms with Gasteiger partial charge in [0.15, 0.2) is 6.10 Å². The number of nitrogens with zero attached hydrogens (tertiary/aromatic N) is 2. The van der Waals surface area contributed by atoms with Crippen molar-refractivity contribution in [1.29, 1.82) is 0 Å². The Morgan fingerprint density at radius 3 is 2.62 bits per heavy atom. The fraction of sp³-hybridized carbons (Fsp3) is 0.500. The fourth-order valence-corrected chi connectivity index (χ4v) is 2.57. The first kappa shape index (κ1) is 15.6. The lowest BCUT2D eigenvalue weighted by molar-refractivity contribution is -0.384. The number of halogens is 1. The van der Waals surface area contributed by atoms with Gasteiger partial charge in [0.25, 0.3) is 11.6 Å². The maximum absolute atomic E-state index is 12.2. The summed E-state index contributed by atoms with van der Waals surface area (Å²) in [7, 11) is 0. The van der Waals surface area contributed by atoms with E-state index in [1.54, 1.807) is 11.8 Å². The summed E-state index contributed by atoms with van der Waals surface area (Å²) in [5, 5.41) is 10.7. The predicted molar refractivity (Wildman–Crippen MR) is 78.6 cm³/mol. The van der Waals surface area contributed by atoms with E-state index in [0.29, 0.717) is 5.75 Å². The highest BCUT2D eigenvalue weighted by Gasteiger charge is 2.24. The van der Waals surface area contributed by atoms with Crippen molar-refractivity contribution in [3.8, 4) is 5.75 Å². The number of nitro groups is 1. The average molecular weight is 313 g/mol. The second-order valence-electron chi connectivity index (χ2n) is 5.02. The van der Waals surface area contributed by atoms with Gasteiger partial charge in [0.05, 0.1) is 4.92 Å². The van der Waals surface area contributed by atoms with Crippen LogP contribution in [-0.4, -0.2) is 34.9 Å². The van der Waals surface area contributed by atoms with E-state index >= 15 is 0 Å². The summed E-state index contributed by atoms with van der Waals surface area (Å²) in [6, 6.07) is 4.08. The van der Waals surface area contributed by atoms with Gasteiger partial charge in [-0.15, -0.1) is 0 Å². The Hall–Kier alpha value is -1.82. The number of piperidine rings is 1. The number of likely N-dealkylation sites (tertiary alicyclic amines) is 1. The van der Waals surface area contributed by atoms with Gasteiger partial charge >= 0.3 is 0 Å². The molecule has 7 heteroatoms. The van der Waals surface area contributed by atoms with Gasteiger partial charge in [-0.1, -0.05) is 11.6 Å². The van der Waals surface area contributed by atoms with Gasteiger partial charge in [0, 0.05) is 25.2 Å². The van der Waals surface area contributed by atoms with E-state index in [1.807, 2.05) is 0 Å². The van der Waals surface area contributed by atoms with E-state index in [-0.39, 0.29) is 16.6 Å². The number of hydrogen-bond acceptors (Lipinski definition) is 4. The molecule has 1 aliphatic rings. The number of benzene rings is 1. The van der Waals surface area contributed by atoms with Crippen LogP contribution in [0, 0.1) is 10.1 Å². The molecule has 0 radical (unpaired) electrons. The molecule has 0 bridgehead atoms. The molecular formula is C14H17ClN2O4. The third kappa shape index (κ3) is 3.85. The van der Waals surface area contributed by atoms with Crippen molar-refractivity contribution in [2.45, 2.75) is 32.3 Å². The van der Waals surface area contributed by atoms with Crippen LogP contribution in [0.1, 0.15) is 26.2 Å². The van der Waals surface area contributed by atoms with Gasteiger partial charge in [-0.3, -0.25) is 14.9 Å². The van der Waals surface area contributed by atoms with Crippen LogP contribution in [0.4, 0.5) is 5.69 Å². The highest BCUT2D eigenvalue weighted by molar-refractivity contribution is 6.32. The molecule has 1 aromatic carbocycles. The Bertz CT molecular complexity index is 544. The molecule has 114 valence electrons. The van der Waals surface area contributed by atoms with Crippen molar-refractivity contribution in [2.75, 3.05) is 13.1 Å². The normalized spacial score (nSPS) is 16.4. The minimum atomic E-state index is -0.638. The minimum Gasteiger partial charge on any atom is -0.481 e. The first-order chi connectivity index (χ1) is 9.99. The molecule has 1 amide bonds. The van der Waals surface area contributed by atoms with Crippen LogP contribution in [0.5, 0.6) is 5.75 Å². The topological polar surface area (TPSA) is 72.7 Å². The van der Waals surface area contributed by atoms with Crippen LogP contribution in [-0.2, 0) is 4.79 Å². The molecular weight excluding hydrogens is 296 g/mol. The summed E-state index contributed by atoms with van der Waals surface area (Å²) in [4.78, 5) is 24.1. The van der Waals surface area contributed by atoms with Crippen molar-refractivity contribution < 1.29 is 14.5 Å². The SMILES string of the molecule is CC(Oc1ccc([N+](=O)[O-])c(Cl)c1)C(=O)N1CCCCC1. The van der Waals surface area contributed by atoms with Crippen LogP contribution in [0.25, 0.3) is 0 Å². The summed E-state index contributed by atoms with van der Waals surface area (Å²) < 4.78 is 5.55. The Labute approximate surface area is 127 Å². The standard InChI is InChI=1S/C14H17ClN2O4/c1-10(14(18)16-7-3-2-4-8-16)21-11-5-6-13(17(19)20)12(15)9-11/h5-6,9-10H,2-4,7-8H2,1H3. The monoisotopic (exact) mass is 312 g/mol. The molecule has 21 heavy (non-hydrogen) atoms. The van der Waals surface area contributed by atoms with Crippen molar-refractivity contribution in [1.82, 2.24) is 4.90 Å². The van der Waals surface area contributed by atoms with Gasteiger partial charge in [0.1, 0.15) is 10.8 Å². The molecule has 6 nitrogen and oxygen atoms in total. The molecule has 1 fully saturated rings. The summed E-state index contributed by atoms with van der Waals surface area (Å²) in [6.07, 6.45) is 2.54. The molecule has 1 saturated heterocycles. The third-order valence-electron chi connectivity index (χ3n) is 3.44. The Kier molecular flexibility index (Phi) is 5.01. The van der Waals surface area contributed by atoms with Crippen LogP contribution in [0.2, 0.25) is 5.02 Å². The lowest BCUT2D eigenvalue weighted by Crippen LogP contribution is -2.43. The van der Waals surface area contributed by atoms with E-state index in [1.165, 1.54) is 18.2 Å². The molecule has 1 unspecified atom stereocenters. The quantitative estimate of drug-likeness (QED) is 0.633. The van der Waals surface area contributed by atoms with Gasteiger partial charge in [0.2, 0.25) is 0 Å². The van der Waals surface area contributed by atoms with E-state index in [4.69, 9.17) is 16.3 Å². The Morgan fingerprint density at radius 2 is 2.05 bits per heavy atom. The maximum Gasteiger partial charge on any atom is 0.288 e. The number of carbonyl (C=O) groups excluding carboxylic acids is 1. The molecule has 1 heterocycles. The number of ether oxygens (including phenoxy) is 1. The number of carbonyl (C=O) groups is 1. The second kappa shape index (κ2) is 6.76. The largest absolute Gasteiger partial charge is 0.481 e. The smallest absolute Gasteiger partial charge is 0.288 e. The second-order valence-corrected chi connectivity index (χ2v) is 5.42. The zero-order valence-corrected chi connectivity index (χ0v) is 12.5. The third-order valence-corrected chi connectivity index (χ3v) is 3.75. The zero-order valence-electron chi connectivity index (χ0n) is 11.8. The Balaban J connectivity index is 2.01. The van der Waals surface area contributed by atoms with Crippen molar-refractivity contribution >= 4 is 23.2 Å². The number of nitro benzene ring substituents is 1. The van der Waals surface area contributed by atoms with Crippen LogP contribution in [0.3, 0.4) is 0 Å². The predicted octanol–water partition coefficient (Wildman–Crippen LogP) is 3.03. The van der Waals surface area contributed by atoms with Crippen LogP contribution >= 0.6 is 11.6 Å². The molecule has 0 spiro atoms. The van der Waals surface area contributed by atoms with Gasteiger partial charge in [-0.25, -0.2) is 0 Å². The summed E-state index contributed by atoms with van der Waals surface area (Å²) in [5.41, 5.74) is -0.181. The van der Waals surface area contributed by atoms with Crippen LogP contribution in [0.15, 0.2) is 18.2 Å². The fourth-order valence-electron chi connectivity index (χ4n) is 2.33. The lowest BCUT2D eigenvalue weighted by atomic mass is 10.1. The first-order valence-corrected chi connectivity index (χ1v) is 7.26. The lowest BCUT2D eigenvalue weighted by Gasteiger charge is -2.29. The van der Waals surface area contributed by atoms with E-state index in [9.17, 15) is 14.9 Å². The van der Waals surface area contributed by atoms with Crippen molar-refractivity contribution in [2.24, 2.45) is 0 Å². The van der Waals surface area contributed by atoms with Gasteiger partial charge in [-0.05, 0) is 32.3 Å². The number of rotatable bonds is 4. The first-order valence-electron chi connectivity index (χ1n) is 6.88. The van der Waals surface area contributed by atoms with E-state index < -0.39 is 11.0 Å². The summed E-state index contributed by atoms with van der Waals surface area (Å²) in [6.45, 7) is 3.19.